The summed E-state index contributed by atoms with van der Waals surface area (Å²) < 4.78 is 29.3. The second-order valence-electron chi connectivity index (χ2n) is 6.45. The first kappa shape index (κ1) is 18.8. The number of hydrogen-bond donors (Lipinski definition) is 1. The molecular formula is C19H20FN5O4. The molecule has 2 aromatic heterocycles. The standard InChI is InChI=1S/C19H20FN5O4/c1-27-14-10-12(20)9-13(11-14)24-4-6-25(7-5-24)19(26)22-16-18(28-2)23-17-15(21-16)3-8-29-17/h3,8-11H,4-7H2,1-2H3,(H,21,22,26). The van der Waals surface area contributed by atoms with Crippen LogP contribution in [0.15, 0.2) is 34.9 Å². The molecule has 0 radical (unpaired) electrons. The van der Waals surface area contributed by atoms with E-state index in [2.05, 4.69) is 15.3 Å². The Morgan fingerprint density at radius 1 is 1.14 bits per heavy atom. The van der Waals surface area contributed by atoms with Gasteiger partial charge >= 0.3 is 6.03 Å². The lowest BCUT2D eigenvalue weighted by molar-refractivity contribution is 0.208. The van der Waals surface area contributed by atoms with Crippen LogP contribution < -0.4 is 19.7 Å². The van der Waals surface area contributed by atoms with Gasteiger partial charge in [-0.1, -0.05) is 0 Å². The van der Waals surface area contributed by atoms with Gasteiger partial charge in [0.15, 0.2) is 5.82 Å². The Morgan fingerprint density at radius 3 is 2.66 bits per heavy atom. The van der Waals surface area contributed by atoms with Crippen LogP contribution in [0, 0.1) is 5.82 Å². The maximum Gasteiger partial charge on any atom is 0.323 e. The lowest BCUT2D eigenvalue weighted by Gasteiger charge is -2.36. The van der Waals surface area contributed by atoms with Gasteiger partial charge in [0.05, 0.1) is 20.5 Å². The van der Waals surface area contributed by atoms with Crippen LogP contribution in [-0.2, 0) is 0 Å². The number of halogens is 1. The normalized spacial score (nSPS) is 14.2. The van der Waals surface area contributed by atoms with Gasteiger partial charge in [-0.25, -0.2) is 14.2 Å². The number of aromatic nitrogens is 2. The molecule has 1 aliphatic heterocycles. The fourth-order valence-electron chi connectivity index (χ4n) is 3.20. The molecular weight excluding hydrogens is 381 g/mol. The molecule has 2 amide bonds. The van der Waals surface area contributed by atoms with Crippen LogP contribution in [-0.4, -0.2) is 61.3 Å². The number of carbonyl (C=O) groups excluding carboxylic acids is 1. The number of amides is 2. The third-order valence-electron chi connectivity index (χ3n) is 4.71. The van der Waals surface area contributed by atoms with Crippen LogP contribution in [0.2, 0.25) is 0 Å². The number of fused-ring (bicyclic) bond motifs is 1. The van der Waals surface area contributed by atoms with E-state index in [0.29, 0.717) is 43.2 Å². The summed E-state index contributed by atoms with van der Waals surface area (Å²) in [4.78, 5) is 24.9. The Bertz CT molecular complexity index is 1030. The monoisotopic (exact) mass is 401 g/mol. The van der Waals surface area contributed by atoms with Crippen molar-refractivity contribution in [2.75, 3.05) is 50.6 Å². The number of nitrogens with one attached hydrogen (secondary N) is 1. The summed E-state index contributed by atoms with van der Waals surface area (Å²) in [7, 11) is 2.94. The van der Waals surface area contributed by atoms with E-state index in [1.54, 1.807) is 17.0 Å². The second-order valence-corrected chi connectivity index (χ2v) is 6.45. The molecule has 1 aliphatic rings. The van der Waals surface area contributed by atoms with Gasteiger partial charge in [0, 0.05) is 50.1 Å². The summed E-state index contributed by atoms with van der Waals surface area (Å²) in [5.41, 5.74) is 1.57. The lowest BCUT2D eigenvalue weighted by atomic mass is 10.2. The van der Waals surface area contributed by atoms with E-state index in [9.17, 15) is 9.18 Å². The van der Waals surface area contributed by atoms with Crippen molar-refractivity contribution in [2.45, 2.75) is 0 Å². The number of carbonyl (C=O) groups is 1. The Balaban J connectivity index is 1.42. The molecule has 0 bridgehead atoms. The molecule has 29 heavy (non-hydrogen) atoms. The van der Waals surface area contributed by atoms with E-state index in [0.717, 1.165) is 5.69 Å². The van der Waals surface area contributed by atoms with Crippen molar-refractivity contribution >= 4 is 28.8 Å². The number of nitrogens with zero attached hydrogens (tertiary/aromatic N) is 4. The molecule has 0 unspecified atom stereocenters. The zero-order valence-corrected chi connectivity index (χ0v) is 16.0. The van der Waals surface area contributed by atoms with Crippen molar-refractivity contribution < 1.29 is 23.1 Å². The number of furan rings is 1. The fraction of sp³-hybridized carbons (Fsp3) is 0.316. The Labute approximate surface area is 166 Å². The van der Waals surface area contributed by atoms with Crippen molar-refractivity contribution in [1.82, 2.24) is 14.9 Å². The van der Waals surface area contributed by atoms with Gasteiger partial charge in [0.25, 0.3) is 5.88 Å². The van der Waals surface area contributed by atoms with E-state index in [-0.39, 0.29) is 23.5 Å². The topological polar surface area (TPSA) is 93.0 Å². The van der Waals surface area contributed by atoms with Crippen molar-refractivity contribution in [3.63, 3.8) is 0 Å². The predicted molar refractivity (Wildman–Crippen MR) is 104 cm³/mol. The first-order chi connectivity index (χ1) is 14.1. The summed E-state index contributed by atoms with van der Waals surface area (Å²) in [6.07, 6.45) is 1.47. The van der Waals surface area contributed by atoms with Gasteiger partial charge in [0.2, 0.25) is 5.71 Å². The molecule has 152 valence electrons. The lowest BCUT2D eigenvalue weighted by Crippen LogP contribution is -2.50. The minimum Gasteiger partial charge on any atom is -0.497 e. The van der Waals surface area contributed by atoms with E-state index in [1.165, 1.54) is 32.6 Å². The third kappa shape index (κ3) is 3.86. The minimum atomic E-state index is -0.361. The average molecular weight is 401 g/mol. The maximum atomic E-state index is 13.8. The van der Waals surface area contributed by atoms with E-state index in [4.69, 9.17) is 13.9 Å². The molecule has 0 saturated carbocycles. The van der Waals surface area contributed by atoms with Crippen LogP contribution in [0.3, 0.4) is 0 Å². The van der Waals surface area contributed by atoms with Gasteiger partial charge in [-0.05, 0) is 6.07 Å². The Morgan fingerprint density at radius 2 is 1.93 bits per heavy atom. The zero-order valence-electron chi connectivity index (χ0n) is 16.0. The average Bonchev–Trinajstić information content (AvgIpc) is 3.20. The highest BCUT2D eigenvalue weighted by molar-refractivity contribution is 5.90. The van der Waals surface area contributed by atoms with E-state index in [1.807, 2.05) is 4.90 Å². The smallest absolute Gasteiger partial charge is 0.323 e. The summed E-state index contributed by atoms with van der Waals surface area (Å²) in [5.74, 6) is 0.496. The zero-order chi connectivity index (χ0) is 20.4. The van der Waals surface area contributed by atoms with Crippen LogP contribution in [0.5, 0.6) is 11.6 Å². The largest absolute Gasteiger partial charge is 0.497 e. The van der Waals surface area contributed by atoms with E-state index < -0.39 is 0 Å². The molecule has 1 N–H and O–H groups in total. The second kappa shape index (κ2) is 7.82. The number of benzene rings is 1. The van der Waals surface area contributed by atoms with Gasteiger partial charge in [-0.15, -0.1) is 0 Å². The third-order valence-corrected chi connectivity index (χ3v) is 4.71. The number of ether oxygens (including phenoxy) is 2. The van der Waals surface area contributed by atoms with Crippen molar-refractivity contribution in [1.29, 1.82) is 0 Å². The molecule has 1 fully saturated rings. The SMILES string of the molecule is COc1cc(F)cc(N2CCN(C(=O)Nc3nc4ccoc4nc3OC)CC2)c1. The number of methoxy groups -OCH3 is 2. The van der Waals surface area contributed by atoms with Gasteiger partial charge in [-0.2, -0.15) is 4.98 Å². The van der Waals surface area contributed by atoms with Crippen molar-refractivity contribution in [3.8, 4) is 11.6 Å². The number of piperazine rings is 1. The highest BCUT2D eigenvalue weighted by atomic mass is 19.1. The quantitative estimate of drug-likeness (QED) is 0.718. The first-order valence-electron chi connectivity index (χ1n) is 9.02. The van der Waals surface area contributed by atoms with Gasteiger partial charge < -0.3 is 23.7 Å². The van der Waals surface area contributed by atoms with Crippen LogP contribution >= 0.6 is 0 Å². The summed E-state index contributed by atoms with van der Waals surface area (Å²) >= 11 is 0. The number of anilines is 2. The number of hydrogen-bond acceptors (Lipinski definition) is 7. The minimum absolute atomic E-state index is 0.172. The van der Waals surface area contributed by atoms with Gasteiger partial charge in [0.1, 0.15) is 17.1 Å². The molecule has 0 aliphatic carbocycles. The van der Waals surface area contributed by atoms with Gasteiger partial charge in [-0.3, -0.25) is 5.32 Å². The molecule has 0 atom stereocenters. The van der Waals surface area contributed by atoms with Crippen LogP contribution in [0.1, 0.15) is 0 Å². The molecule has 10 heteroatoms. The van der Waals surface area contributed by atoms with E-state index >= 15 is 0 Å². The molecule has 9 nitrogen and oxygen atoms in total. The van der Waals surface area contributed by atoms with Crippen LogP contribution in [0.25, 0.3) is 11.2 Å². The summed E-state index contributed by atoms with van der Waals surface area (Å²) in [6.45, 7) is 2.05. The highest BCUT2D eigenvalue weighted by Gasteiger charge is 2.24. The molecule has 1 saturated heterocycles. The predicted octanol–water partition coefficient (Wildman–Crippen LogP) is 2.73. The molecule has 4 rings (SSSR count). The first-order valence-corrected chi connectivity index (χ1v) is 9.02. The Hall–Kier alpha value is -3.56. The molecule has 1 aromatic carbocycles. The number of urea groups is 1. The highest BCUT2D eigenvalue weighted by Crippen LogP contribution is 2.26. The molecule has 3 aromatic rings. The fourth-order valence-corrected chi connectivity index (χ4v) is 3.20. The number of rotatable bonds is 4. The summed E-state index contributed by atoms with van der Waals surface area (Å²) in [5, 5.41) is 2.74. The van der Waals surface area contributed by atoms with Crippen molar-refractivity contribution in [2.24, 2.45) is 0 Å². The molecule has 3 heterocycles. The summed E-state index contributed by atoms with van der Waals surface area (Å²) in [6, 6.07) is 5.91. The Kier molecular flexibility index (Phi) is 5.07. The maximum absolute atomic E-state index is 13.8. The van der Waals surface area contributed by atoms with Crippen molar-refractivity contribution in [3.05, 3.63) is 36.3 Å². The van der Waals surface area contributed by atoms with Crippen LogP contribution in [0.4, 0.5) is 20.7 Å². The molecule has 0 spiro atoms.